The molecule has 0 saturated carbocycles. The Kier molecular flexibility index (Phi) is 6.10. The molecule has 2 aromatic rings. The Labute approximate surface area is 135 Å². The summed E-state index contributed by atoms with van der Waals surface area (Å²) in [5.74, 6) is 1.39. The topological polar surface area (TPSA) is 47.6 Å². The van der Waals surface area contributed by atoms with Crippen molar-refractivity contribution in [1.29, 1.82) is 0 Å². The van der Waals surface area contributed by atoms with E-state index in [-0.39, 0.29) is 12.3 Å². The van der Waals surface area contributed by atoms with Gasteiger partial charge in [0.1, 0.15) is 11.5 Å². The summed E-state index contributed by atoms with van der Waals surface area (Å²) in [6, 6.07) is 14.6. The molecule has 22 heavy (non-hydrogen) atoms. The molecule has 116 valence electrons. The number of amides is 1. The van der Waals surface area contributed by atoms with E-state index in [2.05, 4.69) is 5.32 Å². The van der Waals surface area contributed by atoms with Crippen LogP contribution >= 0.6 is 11.6 Å². The molecule has 0 saturated heterocycles. The molecule has 0 unspecified atom stereocenters. The van der Waals surface area contributed by atoms with E-state index in [1.165, 1.54) is 0 Å². The Hall–Kier alpha value is -2.20. The van der Waals surface area contributed by atoms with Crippen LogP contribution in [0.15, 0.2) is 48.5 Å². The molecule has 0 radical (unpaired) electrons. The van der Waals surface area contributed by atoms with Crippen LogP contribution in [0.25, 0.3) is 0 Å². The Bertz CT molecular complexity index is 614. The van der Waals surface area contributed by atoms with Gasteiger partial charge in [0, 0.05) is 17.1 Å². The lowest BCUT2D eigenvalue weighted by atomic mass is 10.2. The maximum Gasteiger partial charge on any atom is 0.223 e. The van der Waals surface area contributed by atoms with Crippen molar-refractivity contribution in [2.45, 2.75) is 13.0 Å². The zero-order valence-corrected chi connectivity index (χ0v) is 13.1. The largest absolute Gasteiger partial charge is 0.496 e. The van der Waals surface area contributed by atoms with Crippen molar-refractivity contribution >= 4 is 17.5 Å². The number of nitrogens with one attached hydrogen (secondary N) is 1. The van der Waals surface area contributed by atoms with Crippen molar-refractivity contribution in [3.63, 3.8) is 0 Å². The monoisotopic (exact) mass is 319 g/mol. The molecule has 1 N–H and O–H groups in total. The molecular formula is C17H18ClNO3. The van der Waals surface area contributed by atoms with Crippen molar-refractivity contribution in [3.8, 4) is 11.5 Å². The molecule has 4 nitrogen and oxygen atoms in total. The van der Waals surface area contributed by atoms with Crippen LogP contribution < -0.4 is 14.8 Å². The number of hydrogen-bond donors (Lipinski definition) is 1. The van der Waals surface area contributed by atoms with Gasteiger partial charge in [-0.15, -0.1) is 0 Å². The highest BCUT2D eigenvalue weighted by atomic mass is 35.5. The van der Waals surface area contributed by atoms with Crippen molar-refractivity contribution < 1.29 is 14.3 Å². The summed E-state index contributed by atoms with van der Waals surface area (Å²) in [4.78, 5) is 11.8. The van der Waals surface area contributed by atoms with Gasteiger partial charge in [-0.3, -0.25) is 4.79 Å². The summed E-state index contributed by atoms with van der Waals surface area (Å²) >= 11 is 5.79. The highest BCUT2D eigenvalue weighted by Gasteiger charge is 2.05. The fourth-order valence-electron chi connectivity index (χ4n) is 1.92. The van der Waals surface area contributed by atoms with Gasteiger partial charge < -0.3 is 14.8 Å². The molecular weight excluding hydrogens is 302 g/mol. The molecule has 0 spiro atoms. The summed E-state index contributed by atoms with van der Waals surface area (Å²) in [5.41, 5.74) is 0.942. The number of benzene rings is 2. The van der Waals surface area contributed by atoms with Crippen molar-refractivity contribution in [3.05, 3.63) is 59.1 Å². The second kappa shape index (κ2) is 8.29. The number of carbonyl (C=O) groups excluding carboxylic acids is 1. The third-order valence-corrected chi connectivity index (χ3v) is 3.33. The lowest BCUT2D eigenvalue weighted by Gasteiger charge is -2.10. The average molecular weight is 320 g/mol. The first-order valence-electron chi connectivity index (χ1n) is 6.96. The van der Waals surface area contributed by atoms with E-state index >= 15 is 0 Å². The second-order valence-electron chi connectivity index (χ2n) is 4.64. The van der Waals surface area contributed by atoms with Gasteiger partial charge in [0.15, 0.2) is 0 Å². The molecule has 5 heteroatoms. The predicted octanol–water partition coefficient (Wildman–Crippen LogP) is 3.43. The highest BCUT2D eigenvalue weighted by molar-refractivity contribution is 6.30. The van der Waals surface area contributed by atoms with Gasteiger partial charge >= 0.3 is 0 Å². The molecule has 0 aliphatic carbocycles. The molecule has 0 aliphatic heterocycles. The van der Waals surface area contributed by atoms with E-state index < -0.39 is 0 Å². The number of rotatable bonds is 7. The van der Waals surface area contributed by atoms with E-state index in [4.69, 9.17) is 21.1 Å². The molecule has 0 aromatic heterocycles. The van der Waals surface area contributed by atoms with Gasteiger partial charge in [-0.2, -0.15) is 0 Å². The van der Waals surface area contributed by atoms with Crippen LogP contribution in [0.3, 0.4) is 0 Å². The fourth-order valence-corrected chi connectivity index (χ4v) is 2.05. The second-order valence-corrected chi connectivity index (χ2v) is 5.08. The van der Waals surface area contributed by atoms with E-state index in [0.29, 0.717) is 23.9 Å². The minimum Gasteiger partial charge on any atom is -0.496 e. The smallest absolute Gasteiger partial charge is 0.223 e. The first-order valence-corrected chi connectivity index (χ1v) is 7.34. The summed E-state index contributed by atoms with van der Waals surface area (Å²) < 4.78 is 10.7. The van der Waals surface area contributed by atoms with Crippen LogP contribution in [-0.2, 0) is 11.3 Å². The van der Waals surface area contributed by atoms with Crippen molar-refractivity contribution in [1.82, 2.24) is 5.32 Å². The maximum absolute atomic E-state index is 11.8. The quantitative estimate of drug-likeness (QED) is 0.850. The Balaban J connectivity index is 1.73. The van der Waals surface area contributed by atoms with E-state index in [1.807, 2.05) is 24.3 Å². The fraction of sp³-hybridized carbons (Fsp3) is 0.235. The SMILES string of the molecule is COc1ccccc1CNC(=O)CCOc1ccc(Cl)cc1. The highest BCUT2D eigenvalue weighted by Crippen LogP contribution is 2.17. The zero-order valence-electron chi connectivity index (χ0n) is 12.3. The number of para-hydroxylation sites is 1. The first-order chi connectivity index (χ1) is 10.7. The maximum atomic E-state index is 11.8. The first kappa shape index (κ1) is 16.2. The molecule has 2 rings (SSSR count). The van der Waals surface area contributed by atoms with Crippen molar-refractivity contribution in [2.75, 3.05) is 13.7 Å². The van der Waals surface area contributed by atoms with Gasteiger partial charge in [0.05, 0.1) is 20.1 Å². The number of methoxy groups -OCH3 is 1. The van der Waals surface area contributed by atoms with Gasteiger partial charge in [-0.05, 0) is 30.3 Å². The normalized spacial score (nSPS) is 10.1. The lowest BCUT2D eigenvalue weighted by Crippen LogP contribution is -2.24. The standard InChI is InChI=1S/C17H18ClNO3/c1-21-16-5-3-2-4-13(16)12-19-17(20)10-11-22-15-8-6-14(18)7-9-15/h2-9H,10-12H2,1H3,(H,19,20). The van der Waals surface area contributed by atoms with Gasteiger partial charge in [0.25, 0.3) is 0 Å². The average Bonchev–Trinajstić information content (AvgIpc) is 2.55. The predicted molar refractivity (Wildman–Crippen MR) is 86.4 cm³/mol. The Morgan fingerprint density at radius 3 is 2.59 bits per heavy atom. The number of ether oxygens (including phenoxy) is 2. The van der Waals surface area contributed by atoms with Gasteiger partial charge in [0.2, 0.25) is 5.91 Å². The van der Waals surface area contributed by atoms with Crippen LogP contribution in [0.1, 0.15) is 12.0 Å². The summed E-state index contributed by atoms with van der Waals surface area (Å²) in [7, 11) is 1.61. The van der Waals surface area contributed by atoms with E-state index in [9.17, 15) is 4.79 Å². The molecule has 1 amide bonds. The summed E-state index contributed by atoms with van der Waals surface area (Å²) in [6.45, 7) is 0.753. The van der Waals surface area contributed by atoms with Gasteiger partial charge in [-0.1, -0.05) is 29.8 Å². The Morgan fingerprint density at radius 2 is 1.86 bits per heavy atom. The zero-order chi connectivity index (χ0) is 15.8. The minimum absolute atomic E-state index is 0.0696. The van der Waals surface area contributed by atoms with Crippen molar-refractivity contribution in [2.24, 2.45) is 0 Å². The third-order valence-electron chi connectivity index (χ3n) is 3.08. The summed E-state index contributed by atoms with van der Waals surface area (Å²) in [5, 5.41) is 3.50. The van der Waals surface area contributed by atoms with Crippen LogP contribution in [0.4, 0.5) is 0 Å². The molecule has 2 aromatic carbocycles. The van der Waals surface area contributed by atoms with Gasteiger partial charge in [-0.25, -0.2) is 0 Å². The number of halogens is 1. The molecule has 0 aliphatic rings. The molecule has 0 bridgehead atoms. The minimum atomic E-state index is -0.0696. The Morgan fingerprint density at radius 1 is 1.14 bits per heavy atom. The third kappa shape index (κ3) is 4.97. The number of carbonyl (C=O) groups is 1. The molecule has 0 atom stereocenters. The van der Waals surface area contributed by atoms with Crippen LogP contribution in [-0.4, -0.2) is 19.6 Å². The summed E-state index contributed by atoms with van der Waals surface area (Å²) in [6.07, 6.45) is 0.289. The van der Waals surface area contributed by atoms with Crippen LogP contribution in [0.5, 0.6) is 11.5 Å². The van der Waals surface area contributed by atoms with E-state index in [0.717, 1.165) is 11.3 Å². The van der Waals surface area contributed by atoms with E-state index in [1.54, 1.807) is 31.4 Å². The number of hydrogen-bond acceptors (Lipinski definition) is 3. The van der Waals surface area contributed by atoms with Crippen LogP contribution in [0.2, 0.25) is 5.02 Å². The van der Waals surface area contributed by atoms with Crippen LogP contribution in [0, 0.1) is 0 Å². The molecule has 0 heterocycles. The molecule has 0 fully saturated rings. The lowest BCUT2D eigenvalue weighted by molar-refractivity contribution is -0.121.